The molecule has 2 heterocycles. The molecule has 0 spiro atoms. The number of hydrogen-bond acceptors (Lipinski definition) is 7. The van der Waals surface area contributed by atoms with Crippen molar-refractivity contribution in [1.29, 1.82) is 0 Å². The molecule has 9 nitrogen and oxygen atoms in total. The second kappa shape index (κ2) is 9.04. The Labute approximate surface area is 187 Å². The highest BCUT2D eigenvalue weighted by molar-refractivity contribution is 9.10. The molecular formula is C20H23BrFN5O4. The standard InChI is InChI=1S/C20H23BrFN5O4/c1-20(2,3)31-19(28)26-10-8-25(9-11-26)15-5-4-13(12-14(15)22)23-18-16(27(29)30)6-7-17(21)24-18/h4-7,12H,8-11H2,1-3H3,(H,23,24). The Bertz CT molecular complexity index is 990. The van der Waals surface area contributed by atoms with Crippen molar-refractivity contribution in [3.05, 3.63) is 50.9 Å². The fraction of sp³-hybridized carbons (Fsp3) is 0.400. The minimum Gasteiger partial charge on any atom is -0.444 e. The van der Waals surface area contributed by atoms with Gasteiger partial charge < -0.3 is 19.9 Å². The van der Waals surface area contributed by atoms with Crippen molar-refractivity contribution in [3.63, 3.8) is 0 Å². The zero-order valence-electron chi connectivity index (χ0n) is 17.4. The summed E-state index contributed by atoms with van der Waals surface area (Å²) >= 11 is 3.18. The first-order chi connectivity index (χ1) is 14.5. The van der Waals surface area contributed by atoms with E-state index >= 15 is 0 Å². The first-order valence-electron chi connectivity index (χ1n) is 9.64. The SMILES string of the molecule is CC(C)(C)OC(=O)N1CCN(c2ccc(Nc3nc(Br)ccc3[N+](=O)[O-])cc2F)CC1. The Morgan fingerprint density at radius 2 is 1.90 bits per heavy atom. The van der Waals surface area contributed by atoms with Crippen molar-refractivity contribution in [3.8, 4) is 0 Å². The van der Waals surface area contributed by atoms with Crippen LogP contribution in [-0.4, -0.2) is 52.7 Å². The minimum atomic E-state index is -0.568. The third-order valence-electron chi connectivity index (χ3n) is 4.52. The number of ether oxygens (including phenoxy) is 1. The van der Waals surface area contributed by atoms with E-state index in [-0.39, 0.29) is 17.6 Å². The number of rotatable bonds is 4. The number of anilines is 3. The van der Waals surface area contributed by atoms with Crippen LogP contribution in [-0.2, 0) is 4.74 Å². The van der Waals surface area contributed by atoms with Crippen LogP contribution in [0, 0.1) is 15.9 Å². The number of hydrogen-bond donors (Lipinski definition) is 1. The molecule has 2 aromatic rings. The van der Waals surface area contributed by atoms with E-state index in [9.17, 15) is 19.3 Å². The summed E-state index contributed by atoms with van der Waals surface area (Å²) in [6.45, 7) is 7.19. The molecule has 0 radical (unpaired) electrons. The Morgan fingerprint density at radius 1 is 1.23 bits per heavy atom. The lowest BCUT2D eigenvalue weighted by Crippen LogP contribution is -2.50. The normalized spacial score (nSPS) is 14.4. The van der Waals surface area contributed by atoms with Gasteiger partial charge in [0, 0.05) is 37.9 Å². The van der Waals surface area contributed by atoms with Gasteiger partial charge in [0.1, 0.15) is 16.0 Å². The minimum absolute atomic E-state index is 0.0116. The van der Waals surface area contributed by atoms with E-state index in [1.54, 1.807) is 17.0 Å². The monoisotopic (exact) mass is 495 g/mol. The number of aromatic nitrogens is 1. The van der Waals surface area contributed by atoms with Gasteiger partial charge in [-0.15, -0.1) is 0 Å². The van der Waals surface area contributed by atoms with E-state index in [0.29, 0.717) is 42.2 Å². The predicted molar refractivity (Wildman–Crippen MR) is 118 cm³/mol. The Morgan fingerprint density at radius 3 is 2.48 bits per heavy atom. The number of nitro groups is 1. The van der Waals surface area contributed by atoms with Crippen molar-refractivity contribution in [2.45, 2.75) is 26.4 Å². The number of piperazine rings is 1. The maximum absolute atomic E-state index is 14.8. The van der Waals surface area contributed by atoms with Gasteiger partial charge in [-0.1, -0.05) is 0 Å². The van der Waals surface area contributed by atoms with Crippen LogP contribution in [0.25, 0.3) is 0 Å². The number of nitrogens with one attached hydrogen (secondary N) is 1. The summed E-state index contributed by atoms with van der Waals surface area (Å²) in [5.74, 6) is -0.467. The van der Waals surface area contributed by atoms with Crippen molar-refractivity contribution < 1.29 is 18.8 Å². The molecule has 11 heteroatoms. The second-order valence-electron chi connectivity index (χ2n) is 8.00. The highest BCUT2D eigenvalue weighted by Crippen LogP contribution is 2.30. The van der Waals surface area contributed by atoms with Gasteiger partial charge in [0.2, 0.25) is 5.82 Å². The number of amides is 1. The summed E-state index contributed by atoms with van der Waals surface area (Å²) in [5, 5.41) is 14.0. The van der Waals surface area contributed by atoms with Gasteiger partial charge in [0.05, 0.1) is 10.6 Å². The molecule has 31 heavy (non-hydrogen) atoms. The van der Waals surface area contributed by atoms with Crippen LogP contribution in [0.1, 0.15) is 20.8 Å². The lowest BCUT2D eigenvalue weighted by atomic mass is 10.2. The van der Waals surface area contributed by atoms with Gasteiger partial charge in [0.25, 0.3) is 0 Å². The molecule has 1 aromatic carbocycles. The molecule has 1 N–H and O–H groups in total. The summed E-state index contributed by atoms with van der Waals surface area (Å²) in [6.07, 6.45) is -0.379. The molecule has 1 aliphatic rings. The summed E-state index contributed by atoms with van der Waals surface area (Å²) in [7, 11) is 0. The second-order valence-corrected chi connectivity index (χ2v) is 8.82. The third-order valence-corrected chi connectivity index (χ3v) is 4.96. The van der Waals surface area contributed by atoms with Crippen molar-refractivity contribution in [2.24, 2.45) is 0 Å². The van der Waals surface area contributed by atoms with E-state index in [1.807, 2.05) is 25.7 Å². The smallest absolute Gasteiger partial charge is 0.410 e. The Kier molecular flexibility index (Phi) is 6.63. The van der Waals surface area contributed by atoms with Gasteiger partial charge in [-0.2, -0.15) is 0 Å². The summed E-state index contributed by atoms with van der Waals surface area (Å²) in [5.41, 5.74) is -0.0547. The average molecular weight is 496 g/mol. The van der Waals surface area contributed by atoms with E-state index in [0.717, 1.165) is 0 Å². The van der Waals surface area contributed by atoms with Crippen LogP contribution < -0.4 is 10.2 Å². The van der Waals surface area contributed by atoms with Crippen molar-refractivity contribution in [1.82, 2.24) is 9.88 Å². The number of carbonyl (C=O) groups excluding carboxylic acids is 1. The first kappa shape index (κ1) is 22.7. The van der Waals surface area contributed by atoms with Gasteiger partial charge in [0.15, 0.2) is 0 Å². The Balaban J connectivity index is 1.68. The van der Waals surface area contributed by atoms with E-state index < -0.39 is 16.3 Å². The molecule has 166 valence electrons. The highest BCUT2D eigenvalue weighted by Gasteiger charge is 2.27. The van der Waals surface area contributed by atoms with Gasteiger partial charge in [-0.05, 0) is 61.0 Å². The Hall–Kier alpha value is -2.95. The van der Waals surface area contributed by atoms with Crippen LogP contribution >= 0.6 is 15.9 Å². The fourth-order valence-corrected chi connectivity index (χ4v) is 3.41. The molecule has 1 aromatic heterocycles. The van der Waals surface area contributed by atoms with Crippen molar-refractivity contribution in [2.75, 3.05) is 36.4 Å². The molecule has 3 rings (SSSR count). The van der Waals surface area contributed by atoms with Crippen LogP contribution in [0.15, 0.2) is 34.9 Å². The molecule has 1 fully saturated rings. The summed E-state index contributed by atoms with van der Waals surface area (Å²) in [6, 6.07) is 7.27. The van der Waals surface area contributed by atoms with Gasteiger partial charge in [-0.3, -0.25) is 10.1 Å². The lowest BCUT2D eigenvalue weighted by molar-refractivity contribution is -0.384. The summed E-state index contributed by atoms with van der Waals surface area (Å²) in [4.78, 5) is 30.3. The molecule has 0 bridgehead atoms. The molecule has 1 amide bonds. The number of halogens is 2. The molecule has 0 atom stereocenters. The topological polar surface area (TPSA) is 101 Å². The molecule has 0 saturated carbocycles. The molecular weight excluding hydrogens is 473 g/mol. The molecule has 1 saturated heterocycles. The van der Waals surface area contributed by atoms with Crippen LogP contribution in [0.2, 0.25) is 0 Å². The van der Waals surface area contributed by atoms with E-state index in [4.69, 9.17) is 4.74 Å². The number of nitrogens with zero attached hydrogens (tertiary/aromatic N) is 4. The van der Waals surface area contributed by atoms with Gasteiger partial charge >= 0.3 is 11.8 Å². The fourth-order valence-electron chi connectivity index (χ4n) is 3.10. The van der Waals surface area contributed by atoms with Gasteiger partial charge in [-0.25, -0.2) is 14.2 Å². The van der Waals surface area contributed by atoms with Crippen LogP contribution in [0.4, 0.5) is 32.1 Å². The largest absolute Gasteiger partial charge is 0.444 e. The quantitative estimate of drug-likeness (QED) is 0.372. The highest BCUT2D eigenvalue weighted by atomic mass is 79.9. The zero-order valence-corrected chi connectivity index (χ0v) is 19.0. The third kappa shape index (κ3) is 5.81. The average Bonchev–Trinajstić information content (AvgIpc) is 2.67. The summed E-state index contributed by atoms with van der Waals surface area (Å²) < 4.78 is 20.6. The molecule has 0 aliphatic carbocycles. The lowest BCUT2D eigenvalue weighted by Gasteiger charge is -2.36. The van der Waals surface area contributed by atoms with Crippen LogP contribution in [0.5, 0.6) is 0 Å². The zero-order chi connectivity index (χ0) is 22.8. The maximum Gasteiger partial charge on any atom is 0.410 e. The van der Waals surface area contributed by atoms with E-state index in [1.165, 1.54) is 18.2 Å². The number of pyridine rings is 1. The van der Waals surface area contributed by atoms with Crippen molar-refractivity contribution >= 4 is 44.9 Å². The number of benzene rings is 1. The van der Waals surface area contributed by atoms with Crippen LogP contribution in [0.3, 0.4) is 0 Å². The van der Waals surface area contributed by atoms with E-state index in [2.05, 4.69) is 26.2 Å². The first-order valence-corrected chi connectivity index (χ1v) is 10.4. The predicted octanol–water partition coefficient (Wildman–Crippen LogP) is 4.69. The molecule has 1 aliphatic heterocycles. The number of carbonyl (C=O) groups is 1. The maximum atomic E-state index is 14.8. The molecule has 0 unspecified atom stereocenters.